The second-order valence-electron chi connectivity index (χ2n) is 5.41. The Morgan fingerprint density at radius 2 is 2.00 bits per heavy atom. The molecule has 1 heterocycles. The van der Waals surface area contributed by atoms with Crippen molar-refractivity contribution in [1.82, 2.24) is 0 Å². The molecule has 0 bridgehead atoms. The van der Waals surface area contributed by atoms with Gasteiger partial charge in [0.05, 0.1) is 26.5 Å². The van der Waals surface area contributed by atoms with Crippen LogP contribution in [0.3, 0.4) is 0 Å². The van der Waals surface area contributed by atoms with E-state index >= 15 is 0 Å². The molecule has 0 aromatic heterocycles. The first-order valence-corrected chi connectivity index (χ1v) is 7.56. The van der Waals surface area contributed by atoms with Crippen LogP contribution >= 0.6 is 0 Å². The Labute approximate surface area is 135 Å². The number of ether oxygens (including phenoxy) is 2. The minimum atomic E-state index is -0.0757. The number of anilines is 2. The number of hydrogen-bond acceptors (Lipinski definition) is 4. The van der Waals surface area contributed by atoms with Crippen LogP contribution in [0.1, 0.15) is 5.56 Å². The Morgan fingerprint density at radius 1 is 1.17 bits per heavy atom. The summed E-state index contributed by atoms with van der Waals surface area (Å²) in [6.45, 7) is 1.18. The molecule has 2 aromatic rings. The average molecular weight is 312 g/mol. The SMILES string of the molecule is COc1ccc(OC)c(NC(=O)CN2CCc3ccccc32)c1. The molecule has 0 radical (unpaired) electrons. The molecule has 1 aliphatic heterocycles. The molecule has 1 N–H and O–H groups in total. The number of nitrogens with one attached hydrogen (secondary N) is 1. The number of methoxy groups -OCH3 is 2. The molecular formula is C18H20N2O3. The molecule has 3 rings (SSSR count). The molecule has 2 aromatic carbocycles. The summed E-state index contributed by atoms with van der Waals surface area (Å²) in [5.74, 6) is 1.21. The standard InChI is InChI=1S/C18H20N2O3/c1-22-14-7-8-17(23-2)15(11-14)19-18(21)12-20-10-9-13-5-3-4-6-16(13)20/h3-8,11H,9-10,12H2,1-2H3,(H,19,21). The zero-order valence-electron chi connectivity index (χ0n) is 13.3. The smallest absolute Gasteiger partial charge is 0.243 e. The van der Waals surface area contributed by atoms with E-state index in [-0.39, 0.29) is 5.91 Å². The van der Waals surface area contributed by atoms with Crippen LogP contribution in [0, 0.1) is 0 Å². The minimum absolute atomic E-state index is 0.0757. The molecule has 0 aliphatic carbocycles. The van der Waals surface area contributed by atoms with Crippen molar-refractivity contribution < 1.29 is 14.3 Å². The van der Waals surface area contributed by atoms with Crippen molar-refractivity contribution in [2.45, 2.75) is 6.42 Å². The predicted octanol–water partition coefficient (Wildman–Crippen LogP) is 2.71. The van der Waals surface area contributed by atoms with Gasteiger partial charge in [0.25, 0.3) is 0 Å². The fraction of sp³-hybridized carbons (Fsp3) is 0.278. The molecule has 0 fully saturated rings. The van der Waals surface area contributed by atoms with E-state index in [4.69, 9.17) is 9.47 Å². The zero-order valence-corrected chi connectivity index (χ0v) is 13.3. The predicted molar refractivity (Wildman–Crippen MR) is 90.5 cm³/mol. The quantitative estimate of drug-likeness (QED) is 0.922. The van der Waals surface area contributed by atoms with Gasteiger partial charge >= 0.3 is 0 Å². The summed E-state index contributed by atoms with van der Waals surface area (Å²) in [6.07, 6.45) is 0.978. The van der Waals surface area contributed by atoms with Crippen molar-refractivity contribution in [3.63, 3.8) is 0 Å². The first-order chi connectivity index (χ1) is 11.2. The largest absolute Gasteiger partial charge is 0.497 e. The number of benzene rings is 2. The lowest BCUT2D eigenvalue weighted by Gasteiger charge is -2.19. The molecule has 23 heavy (non-hydrogen) atoms. The summed E-state index contributed by atoms with van der Waals surface area (Å²) >= 11 is 0. The van der Waals surface area contributed by atoms with E-state index in [0.717, 1.165) is 18.7 Å². The molecule has 1 amide bonds. The highest BCUT2D eigenvalue weighted by molar-refractivity contribution is 5.96. The third kappa shape index (κ3) is 3.23. The lowest BCUT2D eigenvalue weighted by molar-refractivity contribution is -0.115. The average Bonchev–Trinajstić information content (AvgIpc) is 2.98. The molecule has 0 unspecified atom stereocenters. The highest BCUT2D eigenvalue weighted by Gasteiger charge is 2.21. The number of rotatable bonds is 5. The van der Waals surface area contributed by atoms with Gasteiger partial charge in [-0.25, -0.2) is 0 Å². The fourth-order valence-electron chi connectivity index (χ4n) is 2.85. The molecular weight excluding hydrogens is 292 g/mol. The van der Waals surface area contributed by atoms with Crippen molar-refractivity contribution in [3.05, 3.63) is 48.0 Å². The van der Waals surface area contributed by atoms with Gasteiger partial charge in [-0.15, -0.1) is 0 Å². The van der Waals surface area contributed by atoms with Crippen molar-refractivity contribution in [3.8, 4) is 11.5 Å². The van der Waals surface area contributed by atoms with Crippen LogP contribution < -0.4 is 19.7 Å². The zero-order chi connectivity index (χ0) is 16.2. The Morgan fingerprint density at radius 3 is 2.78 bits per heavy atom. The molecule has 0 saturated carbocycles. The minimum Gasteiger partial charge on any atom is -0.497 e. The first kappa shape index (κ1) is 15.2. The third-order valence-electron chi connectivity index (χ3n) is 4.00. The van der Waals surface area contributed by atoms with E-state index in [9.17, 15) is 4.79 Å². The van der Waals surface area contributed by atoms with Crippen molar-refractivity contribution in [2.75, 3.05) is 37.5 Å². The number of carbonyl (C=O) groups is 1. The van der Waals surface area contributed by atoms with Crippen molar-refractivity contribution >= 4 is 17.3 Å². The summed E-state index contributed by atoms with van der Waals surface area (Å²) in [4.78, 5) is 14.5. The van der Waals surface area contributed by atoms with Gasteiger partial charge in [0.15, 0.2) is 0 Å². The fourth-order valence-corrected chi connectivity index (χ4v) is 2.85. The summed E-state index contributed by atoms with van der Waals surface area (Å²) in [5, 5.41) is 2.91. The second kappa shape index (κ2) is 6.60. The topological polar surface area (TPSA) is 50.8 Å². The molecule has 5 heteroatoms. The van der Waals surface area contributed by atoms with Crippen LogP contribution in [0.4, 0.5) is 11.4 Å². The number of amides is 1. The Bertz CT molecular complexity index is 715. The van der Waals surface area contributed by atoms with Gasteiger partial charge in [0.1, 0.15) is 11.5 Å². The lowest BCUT2D eigenvalue weighted by atomic mass is 10.2. The summed E-state index contributed by atoms with van der Waals surface area (Å²) in [5.41, 5.74) is 3.05. The highest BCUT2D eigenvalue weighted by atomic mass is 16.5. The van der Waals surface area contributed by atoms with E-state index in [1.807, 2.05) is 12.1 Å². The number of nitrogens with zero attached hydrogens (tertiary/aromatic N) is 1. The van der Waals surface area contributed by atoms with E-state index < -0.39 is 0 Å². The van der Waals surface area contributed by atoms with Crippen LogP contribution in [0.5, 0.6) is 11.5 Å². The molecule has 120 valence electrons. The molecule has 0 saturated heterocycles. The van der Waals surface area contributed by atoms with Gasteiger partial charge in [0, 0.05) is 18.3 Å². The maximum absolute atomic E-state index is 12.4. The number of carbonyl (C=O) groups excluding carboxylic acids is 1. The summed E-state index contributed by atoms with van der Waals surface area (Å²) in [6, 6.07) is 13.5. The van der Waals surface area contributed by atoms with E-state index in [0.29, 0.717) is 23.7 Å². The van der Waals surface area contributed by atoms with Crippen molar-refractivity contribution in [2.24, 2.45) is 0 Å². The van der Waals surface area contributed by atoms with Gasteiger partial charge < -0.3 is 19.7 Å². The molecule has 0 atom stereocenters. The summed E-state index contributed by atoms with van der Waals surface area (Å²) in [7, 11) is 3.17. The number of para-hydroxylation sites is 1. The Kier molecular flexibility index (Phi) is 4.37. The van der Waals surface area contributed by atoms with Gasteiger partial charge in [-0.1, -0.05) is 18.2 Å². The third-order valence-corrected chi connectivity index (χ3v) is 4.00. The first-order valence-electron chi connectivity index (χ1n) is 7.56. The van der Waals surface area contributed by atoms with Crippen LogP contribution in [-0.2, 0) is 11.2 Å². The van der Waals surface area contributed by atoms with Gasteiger partial charge in [-0.05, 0) is 30.2 Å². The number of hydrogen-bond donors (Lipinski definition) is 1. The lowest BCUT2D eigenvalue weighted by Crippen LogP contribution is -2.31. The molecule has 5 nitrogen and oxygen atoms in total. The van der Waals surface area contributed by atoms with E-state index in [1.54, 1.807) is 32.4 Å². The van der Waals surface area contributed by atoms with Crippen LogP contribution in [-0.4, -0.2) is 33.2 Å². The Hall–Kier alpha value is -2.69. The van der Waals surface area contributed by atoms with Gasteiger partial charge in [-0.2, -0.15) is 0 Å². The van der Waals surface area contributed by atoms with Crippen LogP contribution in [0.15, 0.2) is 42.5 Å². The monoisotopic (exact) mass is 312 g/mol. The highest BCUT2D eigenvalue weighted by Crippen LogP contribution is 2.30. The van der Waals surface area contributed by atoms with Gasteiger partial charge in [0.2, 0.25) is 5.91 Å². The summed E-state index contributed by atoms with van der Waals surface area (Å²) < 4.78 is 10.5. The van der Waals surface area contributed by atoms with E-state index in [1.165, 1.54) is 5.56 Å². The second-order valence-corrected chi connectivity index (χ2v) is 5.41. The van der Waals surface area contributed by atoms with Crippen molar-refractivity contribution in [1.29, 1.82) is 0 Å². The number of fused-ring (bicyclic) bond motifs is 1. The van der Waals surface area contributed by atoms with Crippen LogP contribution in [0.25, 0.3) is 0 Å². The van der Waals surface area contributed by atoms with E-state index in [2.05, 4.69) is 22.3 Å². The van der Waals surface area contributed by atoms with Gasteiger partial charge in [-0.3, -0.25) is 4.79 Å². The van der Waals surface area contributed by atoms with Crippen LogP contribution in [0.2, 0.25) is 0 Å². The maximum atomic E-state index is 12.4. The molecule has 0 spiro atoms. The normalized spacial score (nSPS) is 12.7. The maximum Gasteiger partial charge on any atom is 0.243 e. The Balaban J connectivity index is 1.71. The molecule has 1 aliphatic rings.